The minimum Gasteiger partial charge on any atom is -0.462 e. The van der Waals surface area contributed by atoms with E-state index in [4.69, 9.17) is 0 Å². The van der Waals surface area contributed by atoms with E-state index in [1.165, 1.54) is 6.92 Å². The highest BCUT2D eigenvalue weighted by atomic mass is 16.8. The van der Waals surface area contributed by atoms with Gasteiger partial charge in [0.25, 0.3) is 5.69 Å². The van der Waals surface area contributed by atoms with E-state index >= 15 is 0 Å². The highest BCUT2D eigenvalue weighted by Gasteiger charge is 2.15. The number of benzene rings is 1. The van der Waals surface area contributed by atoms with Gasteiger partial charge < -0.3 is 18.9 Å². The van der Waals surface area contributed by atoms with Crippen LogP contribution in [0.15, 0.2) is 24.3 Å². The third kappa shape index (κ3) is 6.32. The van der Waals surface area contributed by atoms with Crippen molar-refractivity contribution in [2.24, 2.45) is 0 Å². The van der Waals surface area contributed by atoms with E-state index in [-0.39, 0.29) is 24.7 Å². The van der Waals surface area contributed by atoms with Crippen molar-refractivity contribution in [1.29, 1.82) is 0 Å². The first kappa shape index (κ1) is 16.9. The van der Waals surface area contributed by atoms with E-state index in [1.807, 2.05) is 0 Å². The van der Waals surface area contributed by atoms with Crippen molar-refractivity contribution < 1.29 is 38.3 Å². The van der Waals surface area contributed by atoms with Crippen LogP contribution in [0, 0.1) is 10.1 Å². The molecule has 0 atom stereocenters. The van der Waals surface area contributed by atoms with Crippen LogP contribution < -0.4 is 4.74 Å². The normalized spacial score (nSPS) is 9.50. The largest absolute Gasteiger partial charge is 0.524 e. The monoisotopic (exact) mass is 313 g/mol. The molecular formula is C12H11NO9. The van der Waals surface area contributed by atoms with Crippen molar-refractivity contribution in [3.05, 3.63) is 34.4 Å². The molecule has 22 heavy (non-hydrogen) atoms. The van der Waals surface area contributed by atoms with Crippen molar-refractivity contribution in [3.8, 4) is 5.75 Å². The summed E-state index contributed by atoms with van der Waals surface area (Å²) in [6.45, 7) is 0.713. The van der Waals surface area contributed by atoms with Gasteiger partial charge in [-0.05, 0) is 12.1 Å². The summed E-state index contributed by atoms with van der Waals surface area (Å²) in [5, 5.41) is 10.4. The lowest BCUT2D eigenvalue weighted by atomic mass is 10.3. The SMILES string of the molecule is CC(=O)OCCOC(=O)OC(=O)Oc1ccc([N+](=O)[O-])cc1. The number of hydrogen-bond donors (Lipinski definition) is 0. The summed E-state index contributed by atoms with van der Waals surface area (Å²) in [6, 6.07) is 4.54. The second-order valence-corrected chi connectivity index (χ2v) is 3.64. The number of non-ortho nitro benzene ring substituents is 1. The summed E-state index contributed by atoms with van der Waals surface area (Å²) >= 11 is 0. The number of rotatable bonds is 5. The Labute approximate surface area is 123 Å². The Bertz CT molecular complexity index is 566. The maximum Gasteiger partial charge on any atom is 0.524 e. The molecule has 10 heteroatoms. The molecule has 1 aromatic rings. The standard InChI is InChI=1S/C12H11NO9/c1-8(14)19-6-7-20-11(15)22-12(16)21-10-4-2-9(3-5-10)13(17)18/h2-5H,6-7H2,1H3. The summed E-state index contributed by atoms with van der Waals surface area (Å²) in [5.74, 6) is -0.599. The Balaban J connectivity index is 2.34. The number of esters is 1. The van der Waals surface area contributed by atoms with Gasteiger partial charge in [0.05, 0.1) is 4.92 Å². The fraction of sp³-hybridized carbons (Fsp3) is 0.250. The van der Waals surface area contributed by atoms with Gasteiger partial charge in [-0.15, -0.1) is 0 Å². The first-order chi connectivity index (χ1) is 10.4. The third-order valence-corrected chi connectivity index (χ3v) is 2.02. The van der Waals surface area contributed by atoms with E-state index in [1.54, 1.807) is 0 Å². The van der Waals surface area contributed by atoms with Crippen LogP contribution in [0.2, 0.25) is 0 Å². The molecule has 0 aliphatic heterocycles. The zero-order chi connectivity index (χ0) is 16.5. The van der Waals surface area contributed by atoms with Gasteiger partial charge in [-0.1, -0.05) is 0 Å². The van der Waals surface area contributed by atoms with E-state index in [9.17, 15) is 24.5 Å². The van der Waals surface area contributed by atoms with Crippen LogP contribution in [0.25, 0.3) is 0 Å². The van der Waals surface area contributed by atoms with Gasteiger partial charge in [-0.2, -0.15) is 0 Å². The molecular weight excluding hydrogens is 302 g/mol. The molecule has 0 amide bonds. The molecule has 0 aliphatic carbocycles. The number of nitrogens with zero attached hydrogens (tertiary/aromatic N) is 1. The van der Waals surface area contributed by atoms with Crippen LogP contribution in [-0.2, 0) is 19.0 Å². The summed E-state index contributed by atoms with van der Waals surface area (Å²) < 4.78 is 17.6. The van der Waals surface area contributed by atoms with Crippen molar-refractivity contribution in [2.45, 2.75) is 6.92 Å². The Morgan fingerprint density at radius 3 is 2.18 bits per heavy atom. The average molecular weight is 313 g/mol. The van der Waals surface area contributed by atoms with Crippen molar-refractivity contribution >= 4 is 24.0 Å². The molecule has 0 unspecified atom stereocenters. The Morgan fingerprint density at radius 1 is 1.05 bits per heavy atom. The van der Waals surface area contributed by atoms with E-state index in [0.29, 0.717) is 0 Å². The van der Waals surface area contributed by atoms with Crippen LogP contribution in [0.5, 0.6) is 5.75 Å². The van der Waals surface area contributed by atoms with Crippen LogP contribution in [0.1, 0.15) is 6.92 Å². The minimum absolute atomic E-state index is 0.0525. The number of nitro groups is 1. The molecule has 0 fully saturated rings. The second kappa shape index (κ2) is 8.19. The minimum atomic E-state index is -1.37. The summed E-state index contributed by atoms with van der Waals surface area (Å²) in [7, 11) is 0. The lowest BCUT2D eigenvalue weighted by Crippen LogP contribution is -2.19. The fourth-order valence-corrected chi connectivity index (χ4v) is 1.16. The predicted octanol–water partition coefficient (Wildman–Crippen LogP) is 1.81. The Kier molecular flexibility index (Phi) is 6.29. The summed E-state index contributed by atoms with van der Waals surface area (Å²) in [6.07, 6.45) is -2.70. The Morgan fingerprint density at radius 2 is 1.64 bits per heavy atom. The quantitative estimate of drug-likeness (QED) is 0.199. The molecule has 0 heterocycles. The molecule has 0 N–H and O–H groups in total. The highest BCUT2D eigenvalue weighted by molar-refractivity contribution is 5.78. The fourth-order valence-electron chi connectivity index (χ4n) is 1.16. The maximum absolute atomic E-state index is 11.2. The van der Waals surface area contributed by atoms with Crippen molar-refractivity contribution in [2.75, 3.05) is 13.2 Å². The van der Waals surface area contributed by atoms with Gasteiger partial charge in [0, 0.05) is 19.1 Å². The average Bonchev–Trinajstić information content (AvgIpc) is 2.43. The zero-order valence-electron chi connectivity index (χ0n) is 11.3. The van der Waals surface area contributed by atoms with Crippen LogP contribution >= 0.6 is 0 Å². The van der Waals surface area contributed by atoms with Crippen molar-refractivity contribution in [3.63, 3.8) is 0 Å². The van der Waals surface area contributed by atoms with Gasteiger partial charge >= 0.3 is 18.3 Å². The molecule has 0 saturated heterocycles. The molecule has 0 aliphatic rings. The van der Waals surface area contributed by atoms with Gasteiger partial charge in [0.2, 0.25) is 0 Å². The molecule has 0 radical (unpaired) electrons. The zero-order valence-corrected chi connectivity index (χ0v) is 11.3. The maximum atomic E-state index is 11.2. The topological polar surface area (TPSA) is 131 Å². The second-order valence-electron chi connectivity index (χ2n) is 3.64. The van der Waals surface area contributed by atoms with Crippen LogP contribution in [0.4, 0.5) is 15.3 Å². The molecule has 10 nitrogen and oxygen atoms in total. The van der Waals surface area contributed by atoms with Gasteiger partial charge in [-0.25, -0.2) is 9.59 Å². The van der Waals surface area contributed by atoms with E-state index < -0.39 is 23.2 Å². The van der Waals surface area contributed by atoms with Gasteiger partial charge in [0.15, 0.2) is 0 Å². The predicted molar refractivity (Wildman–Crippen MR) is 68.2 cm³/mol. The number of carbonyl (C=O) groups is 3. The number of ether oxygens (including phenoxy) is 4. The van der Waals surface area contributed by atoms with Crippen molar-refractivity contribution in [1.82, 2.24) is 0 Å². The number of hydrogen-bond acceptors (Lipinski definition) is 9. The molecule has 0 spiro atoms. The molecule has 1 rings (SSSR count). The van der Waals surface area contributed by atoms with E-state index in [0.717, 1.165) is 24.3 Å². The summed E-state index contributed by atoms with van der Waals surface area (Å²) in [5.41, 5.74) is -0.189. The number of carbonyl (C=O) groups excluding carboxylic acids is 3. The van der Waals surface area contributed by atoms with Crippen LogP contribution in [0.3, 0.4) is 0 Å². The Hall–Kier alpha value is -3.17. The molecule has 0 bridgehead atoms. The van der Waals surface area contributed by atoms with Crippen LogP contribution in [-0.4, -0.2) is 36.4 Å². The molecule has 0 saturated carbocycles. The van der Waals surface area contributed by atoms with E-state index in [2.05, 4.69) is 18.9 Å². The smallest absolute Gasteiger partial charge is 0.462 e. The number of nitro benzene ring substituents is 1. The highest BCUT2D eigenvalue weighted by Crippen LogP contribution is 2.17. The molecule has 1 aromatic carbocycles. The molecule has 118 valence electrons. The first-order valence-electron chi connectivity index (χ1n) is 5.82. The molecule has 0 aromatic heterocycles. The van der Waals surface area contributed by atoms with Gasteiger partial charge in [0.1, 0.15) is 19.0 Å². The lowest BCUT2D eigenvalue weighted by molar-refractivity contribution is -0.384. The lowest BCUT2D eigenvalue weighted by Gasteiger charge is -2.05. The first-order valence-corrected chi connectivity index (χ1v) is 5.82. The van der Waals surface area contributed by atoms with Gasteiger partial charge in [-0.3, -0.25) is 14.9 Å². The third-order valence-electron chi connectivity index (χ3n) is 2.02. The summed E-state index contributed by atoms with van der Waals surface area (Å²) in [4.78, 5) is 42.5.